The summed E-state index contributed by atoms with van der Waals surface area (Å²) in [6, 6.07) is 10.0. The second-order valence-electron chi connectivity index (χ2n) is 8.74. The number of aliphatic hydroxyl groups excluding tert-OH is 1. The average Bonchev–Trinajstić information content (AvgIpc) is 3.22. The van der Waals surface area contributed by atoms with Crippen LogP contribution in [0.5, 0.6) is 0 Å². The Morgan fingerprint density at radius 2 is 1.79 bits per heavy atom. The molecule has 174 valence electrons. The smallest absolute Gasteiger partial charge is 0.247 e. The molecule has 0 aliphatic carbocycles. The van der Waals surface area contributed by atoms with Gasteiger partial charge >= 0.3 is 0 Å². The number of benzene rings is 1. The van der Waals surface area contributed by atoms with Crippen LogP contribution in [0.15, 0.2) is 48.8 Å². The molecule has 0 aliphatic rings. The predicted octanol–water partition coefficient (Wildman–Crippen LogP) is 1.52. The standard InChI is InChI=1S/C23H29N7O3/c1-16-5-7-18(8-6-16)21-26-28-30(27-21)15-19(32)29(13-14-31)20(17-9-11-24-12-10-17)22(33)25-23(2,3)4/h5-12,20,31H,13-15H2,1-4H3,(H,25,33)/t20-/m1/s1. The predicted molar refractivity (Wildman–Crippen MR) is 122 cm³/mol. The van der Waals surface area contributed by atoms with E-state index in [0.29, 0.717) is 11.4 Å². The summed E-state index contributed by atoms with van der Waals surface area (Å²) in [5.41, 5.74) is 1.97. The number of pyridine rings is 1. The Balaban J connectivity index is 1.86. The molecule has 3 aromatic rings. The van der Waals surface area contributed by atoms with Crippen molar-refractivity contribution in [1.82, 2.24) is 35.4 Å². The Labute approximate surface area is 192 Å². The molecule has 10 heteroatoms. The summed E-state index contributed by atoms with van der Waals surface area (Å²) >= 11 is 0. The van der Waals surface area contributed by atoms with Crippen molar-refractivity contribution in [2.75, 3.05) is 13.2 Å². The molecule has 2 N–H and O–H groups in total. The van der Waals surface area contributed by atoms with Crippen LogP contribution >= 0.6 is 0 Å². The summed E-state index contributed by atoms with van der Waals surface area (Å²) in [6.45, 7) is 6.98. The van der Waals surface area contributed by atoms with E-state index in [1.807, 2.05) is 52.0 Å². The third-order valence-electron chi connectivity index (χ3n) is 4.78. The van der Waals surface area contributed by atoms with Crippen LogP contribution in [0.3, 0.4) is 0 Å². The molecular weight excluding hydrogens is 422 g/mol. The van der Waals surface area contributed by atoms with E-state index in [2.05, 4.69) is 25.7 Å². The number of aliphatic hydroxyl groups is 1. The number of nitrogens with one attached hydrogen (secondary N) is 1. The van der Waals surface area contributed by atoms with E-state index < -0.39 is 17.5 Å². The Morgan fingerprint density at radius 1 is 1.12 bits per heavy atom. The van der Waals surface area contributed by atoms with Crippen molar-refractivity contribution in [2.45, 2.75) is 45.8 Å². The number of nitrogens with zero attached hydrogens (tertiary/aromatic N) is 6. The molecule has 1 aromatic carbocycles. The van der Waals surface area contributed by atoms with Crippen LogP contribution in [0, 0.1) is 6.92 Å². The van der Waals surface area contributed by atoms with E-state index in [-0.39, 0.29) is 25.6 Å². The highest BCUT2D eigenvalue weighted by Gasteiger charge is 2.33. The Bertz CT molecular complexity index is 1080. The minimum absolute atomic E-state index is 0.0388. The molecule has 0 aliphatic heterocycles. The van der Waals surface area contributed by atoms with E-state index in [9.17, 15) is 14.7 Å². The van der Waals surface area contributed by atoms with Gasteiger partial charge in [0.25, 0.3) is 0 Å². The molecular formula is C23H29N7O3. The van der Waals surface area contributed by atoms with Crippen LogP contribution in [0.4, 0.5) is 0 Å². The van der Waals surface area contributed by atoms with E-state index in [1.165, 1.54) is 9.70 Å². The van der Waals surface area contributed by atoms with E-state index in [1.54, 1.807) is 24.5 Å². The summed E-state index contributed by atoms with van der Waals surface area (Å²) in [5, 5.41) is 24.9. The molecule has 2 heterocycles. The zero-order chi connectivity index (χ0) is 24.0. The highest BCUT2D eigenvalue weighted by Crippen LogP contribution is 2.22. The fourth-order valence-corrected chi connectivity index (χ4v) is 3.30. The van der Waals surface area contributed by atoms with Gasteiger partial charge in [0.15, 0.2) is 0 Å². The Kier molecular flexibility index (Phi) is 7.49. The van der Waals surface area contributed by atoms with Gasteiger partial charge in [-0.25, -0.2) is 0 Å². The van der Waals surface area contributed by atoms with Crippen LogP contribution in [0.1, 0.15) is 37.9 Å². The first-order valence-corrected chi connectivity index (χ1v) is 10.6. The number of hydrogen-bond donors (Lipinski definition) is 2. The number of hydrogen-bond acceptors (Lipinski definition) is 7. The first-order valence-electron chi connectivity index (χ1n) is 10.6. The van der Waals surface area contributed by atoms with Gasteiger partial charge in [-0.15, -0.1) is 10.2 Å². The molecule has 0 fully saturated rings. The Hall–Kier alpha value is -3.66. The molecule has 0 unspecified atom stereocenters. The lowest BCUT2D eigenvalue weighted by molar-refractivity contribution is -0.142. The van der Waals surface area contributed by atoms with E-state index in [4.69, 9.17) is 0 Å². The fraction of sp³-hybridized carbons (Fsp3) is 0.391. The molecule has 10 nitrogen and oxygen atoms in total. The average molecular weight is 452 g/mol. The lowest BCUT2D eigenvalue weighted by Crippen LogP contribution is -2.50. The van der Waals surface area contributed by atoms with Gasteiger partial charge in [0.05, 0.1) is 6.61 Å². The fourth-order valence-electron chi connectivity index (χ4n) is 3.30. The molecule has 0 saturated heterocycles. The highest BCUT2D eigenvalue weighted by atomic mass is 16.3. The second-order valence-corrected chi connectivity index (χ2v) is 8.74. The molecule has 1 atom stereocenters. The molecule has 2 aromatic heterocycles. The quantitative estimate of drug-likeness (QED) is 0.532. The lowest BCUT2D eigenvalue weighted by atomic mass is 10.0. The van der Waals surface area contributed by atoms with Crippen molar-refractivity contribution in [3.05, 3.63) is 59.9 Å². The van der Waals surface area contributed by atoms with Gasteiger partial charge in [-0.2, -0.15) is 4.80 Å². The Morgan fingerprint density at radius 3 is 2.39 bits per heavy atom. The maximum absolute atomic E-state index is 13.3. The second kappa shape index (κ2) is 10.3. The summed E-state index contributed by atoms with van der Waals surface area (Å²) in [7, 11) is 0. The van der Waals surface area contributed by atoms with Gasteiger partial charge in [0, 0.05) is 30.0 Å². The normalized spacial score (nSPS) is 12.3. The summed E-state index contributed by atoms with van der Waals surface area (Å²) in [6.07, 6.45) is 3.11. The zero-order valence-electron chi connectivity index (χ0n) is 19.3. The topological polar surface area (TPSA) is 126 Å². The first-order chi connectivity index (χ1) is 15.7. The number of carbonyl (C=O) groups excluding carboxylic acids is 2. The largest absolute Gasteiger partial charge is 0.395 e. The molecule has 0 saturated carbocycles. The summed E-state index contributed by atoms with van der Waals surface area (Å²) in [5.74, 6) is -0.391. The van der Waals surface area contributed by atoms with Gasteiger partial charge in [-0.05, 0) is 50.6 Å². The number of rotatable bonds is 8. The van der Waals surface area contributed by atoms with Crippen LogP contribution < -0.4 is 5.32 Å². The maximum Gasteiger partial charge on any atom is 0.247 e. The number of aromatic nitrogens is 5. The van der Waals surface area contributed by atoms with Crippen molar-refractivity contribution >= 4 is 11.8 Å². The third-order valence-corrected chi connectivity index (χ3v) is 4.78. The van der Waals surface area contributed by atoms with E-state index >= 15 is 0 Å². The van der Waals surface area contributed by atoms with Crippen molar-refractivity contribution in [1.29, 1.82) is 0 Å². The van der Waals surface area contributed by atoms with Gasteiger partial charge in [-0.3, -0.25) is 14.6 Å². The monoisotopic (exact) mass is 451 g/mol. The van der Waals surface area contributed by atoms with Crippen molar-refractivity contribution in [3.63, 3.8) is 0 Å². The number of amides is 2. The molecule has 0 spiro atoms. The molecule has 0 bridgehead atoms. The van der Waals surface area contributed by atoms with Crippen molar-refractivity contribution in [2.24, 2.45) is 0 Å². The van der Waals surface area contributed by atoms with Crippen molar-refractivity contribution < 1.29 is 14.7 Å². The number of aryl methyl sites for hydroxylation is 1. The number of tetrazole rings is 1. The maximum atomic E-state index is 13.3. The van der Waals surface area contributed by atoms with E-state index in [0.717, 1.165) is 11.1 Å². The third kappa shape index (κ3) is 6.42. The van der Waals surface area contributed by atoms with Gasteiger partial charge in [-0.1, -0.05) is 29.8 Å². The van der Waals surface area contributed by atoms with Crippen LogP contribution in [-0.4, -0.2) is 65.7 Å². The summed E-state index contributed by atoms with van der Waals surface area (Å²) < 4.78 is 0. The van der Waals surface area contributed by atoms with Gasteiger partial charge in [0.1, 0.15) is 12.6 Å². The van der Waals surface area contributed by atoms with Crippen LogP contribution in [0.2, 0.25) is 0 Å². The minimum atomic E-state index is -0.952. The first kappa shape index (κ1) is 24.0. The lowest BCUT2D eigenvalue weighted by Gasteiger charge is -2.33. The molecule has 33 heavy (non-hydrogen) atoms. The molecule has 2 amide bonds. The van der Waals surface area contributed by atoms with Crippen molar-refractivity contribution in [3.8, 4) is 11.4 Å². The molecule has 0 radical (unpaired) electrons. The van der Waals surface area contributed by atoms with Crippen LogP contribution in [-0.2, 0) is 16.1 Å². The van der Waals surface area contributed by atoms with Gasteiger partial charge < -0.3 is 15.3 Å². The van der Waals surface area contributed by atoms with Gasteiger partial charge in [0.2, 0.25) is 17.6 Å². The summed E-state index contributed by atoms with van der Waals surface area (Å²) in [4.78, 5) is 33.0. The minimum Gasteiger partial charge on any atom is -0.395 e. The van der Waals surface area contributed by atoms with Crippen LogP contribution in [0.25, 0.3) is 11.4 Å². The zero-order valence-corrected chi connectivity index (χ0v) is 19.3. The highest BCUT2D eigenvalue weighted by molar-refractivity contribution is 5.89. The SMILES string of the molecule is Cc1ccc(-c2nnn(CC(=O)N(CCO)[C@@H](C(=O)NC(C)(C)C)c3ccncc3)n2)cc1. The number of carbonyl (C=O) groups is 2. The molecule has 3 rings (SSSR count).